The normalized spacial score (nSPS) is 17.4. The molecule has 1 unspecified atom stereocenters. The molecule has 0 spiro atoms. The molecule has 1 amide bonds. The second kappa shape index (κ2) is 6.28. The standard InChI is InChI=1S/C16H15N5O/c17-20-19-10-12-8-16(22)21(11-12)14-6-7-18-15(9-14)13-4-2-1-3-5-13/h1-7,9,12H,8,10-11H2. The second-order valence-corrected chi connectivity index (χ2v) is 5.25. The summed E-state index contributed by atoms with van der Waals surface area (Å²) >= 11 is 0. The summed E-state index contributed by atoms with van der Waals surface area (Å²) in [4.78, 5) is 21.0. The molecular weight excluding hydrogens is 278 g/mol. The van der Waals surface area contributed by atoms with Gasteiger partial charge in [0.05, 0.1) is 5.69 Å². The molecule has 1 aromatic heterocycles. The highest BCUT2D eigenvalue weighted by atomic mass is 16.2. The number of carbonyl (C=O) groups excluding carboxylic acids is 1. The third kappa shape index (κ3) is 2.92. The van der Waals surface area contributed by atoms with Crippen LogP contribution in [0.5, 0.6) is 0 Å². The van der Waals surface area contributed by atoms with Crippen molar-refractivity contribution in [1.29, 1.82) is 0 Å². The number of carbonyl (C=O) groups is 1. The average molecular weight is 293 g/mol. The summed E-state index contributed by atoms with van der Waals surface area (Å²) in [6.45, 7) is 0.936. The monoisotopic (exact) mass is 293 g/mol. The minimum Gasteiger partial charge on any atom is -0.312 e. The summed E-state index contributed by atoms with van der Waals surface area (Å²) in [5, 5.41) is 3.57. The third-order valence-corrected chi connectivity index (χ3v) is 3.73. The van der Waals surface area contributed by atoms with Gasteiger partial charge in [-0.05, 0) is 23.6 Å². The fraction of sp³-hybridized carbons (Fsp3) is 0.250. The molecule has 6 heteroatoms. The number of hydrogen-bond donors (Lipinski definition) is 0. The Bertz CT molecular complexity index is 724. The van der Waals surface area contributed by atoms with Crippen LogP contribution in [0.15, 0.2) is 53.8 Å². The largest absolute Gasteiger partial charge is 0.312 e. The van der Waals surface area contributed by atoms with Gasteiger partial charge in [0.1, 0.15) is 0 Å². The summed E-state index contributed by atoms with van der Waals surface area (Å²) in [5.74, 6) is 0.139. The highest BCUT2D eigenvalue weighted by Crippen LogP contribution is 2.28. The molecule has 0 saturated carbocycles. The number of hydrogen-bond acceptors (Lipinski definition) is 3. The summed E-state index contributed by atoms with van der Waals surface area (Å²) in [7, 11) is 0. The first-order valence-corrected chi connectivity index (χ1v) is 7.10. The zero-order valence-electron chi connectivity index (χ0n) is 12.0. The Balaban J connectivity index is 1.84. The summed E-state index contributed by atoms with van der Waals surface area (Å²) < 4.78 is 0. The van der Waals surface area contributed by atoms with Gasteiger partial charge in [0.25, 0.3) is 0 Å². The van der Waals surface area contributed by atoms with Gasteiger partial charge in [-0.25, -0.2) is 0 Å². The van der Waals surface area contributed by atoms with Crippen molar-refractivity contribution in [3.05, 3.63) is 59.1 Å². The fourth-order valence-electron chi connectivity index (χ4n) is 2.66. The Morgan fingerprint density at radius 1 is 1.32 bits per heavy atom. The maximum Gasteiger partial charge on any atom is 0.227 e. The molecule has 6 nitrogen and oxygen atoms in total. The molecule has 1 atom stereocenters. The number of anilines is 1. The first kappa shape index (κ1) is 14.1. The lowest BCUT2D eigenvalue weighted by Crippen LogP contribution is -2.24. The van der Waals surface area contributed by atoms with E-state index >= 15 is 0 Å². The van der Waals surface area contributed by atoms with Crippen molar-refractivity contribution in [2.75, 3.05) is 18.0 Å². The molecule has 0 bridgehead atoms. The molecule has 110 valence electrons. The molecule has 1 aromatic carbocycles. The Kier molecular flexibility index (Phi) is 4.03. The molecule has 1 saturated heterocycles. The van der Waals surface area contributed by atoms with Crippen molar-refractivity contribution >= 4 is 11.6 Å². The van der Waals surface area contributed by atoms with Gasteiger partial charge < -0.3 is 4.90 Å². The Morgan fingerprint density at radius 2 is 2.14 bits per heavy atom. The van der Waals surface area contributed by atoms with Gasteiger partial charge in [-0.15, -0.1) is 0 Å². The predicted molar refractivity (Wildman–Crippen MR) is 84.1 cm³/mol. The van der Waals surface area contributed by atoms with Crippen LogP contribution < -0.4 is 4.90 Å². The third-order valence-electron chi connectivity index (χ3n) is 3.73. The first-order valence-electron chi connectivity index (χ1n) is 7.10. The Morgan fingerprint density at radius 3 is 2.91 bits per heavy atom. The fourth-order valence-corrected chi connectivity index (χ4v) is 2.66. The van der Waals surface area contributed by atoms with Crippen molar-refractivity contribution in [3.63, 3.8) is 0 Å². The van der Waals surface area contributed by atoms with Crippen LogP contribution in [0.25, 0.3) is 21.7 Å². The molecule has 0 N–H and O–H groups in total. The summed E-state index contributed by atoms with van der Waals surface area (Å²) in [5.41, 5.74) is 11.1. The molecular formula is C16H15N5O. The number of nitrogens with zero attached hydrogens (tertiary/aromatic N) is 5. The van der Waals surface area contributed by atoms with Crippen molar-refractivity contribution in [3.8, 4) is 11.3 Å². The van der Waals surface area contributed by atoms with Crippen molar-refractivity contribution < 1.29 is 4.79 Å². The van der Waals surface area contributed by atoms with Crippen LogP contribution in [0.4, 0.5) is 5.69 Å². The highest BCUT2D eigenvalue weighted by Gasteiger charge is 2.30. The van der Waals surface area contributed by atoms with E-state index in [2.05, 4.69) is 15.0 Å². The lowest BCUT2D eigenvalue weighted by molar-refractivity contribution is -0.117. The molecule has 1 aliphatic heterocycles. The molecule has 2 aromatic rings. The second-order valence-electron chi connectivity index (χ2n) is 5.25. The number of aromatic nitrogens is 1. The molecule has 22 heavy (non-hydrogen) atoms. The number of rotatable bonds is 4. The Labute approximate surface area is 128 Å². The van der Waals surface area contributed by atoms with Gasteiger partial charge in [0.15, 0.2) is 0 Å². The molecule has 3 rings (SSSR count). The number of benzene rings is 1. The smallest absolute Gasteiger partial charge is 0.227 e. The zero-order chi connectivity index (χ0) is 15.4. The minimum absolute atomic E-state index is 0.0587. The van der Waals surface area contributed by atoms with E-state index in [1.165, 1.54) is 0 Å². The van der Waals surface area contributed by atoms with Crippen LogP contribution in [0, 0.1) is 5.92 Å². The maximum atomic E-state index is 12.2. The molecule has 1 fully saturated rings. The quantitative estimate of drug-likeness (QED) is 0.491. The predicted octanol–water partition coefficient (Wildman–Crippen LogP) is 3.41. The highest BCUT2D eigenvalue weighted by molar-refractivity contribution is 5.96. The minimum atomic E-state index is 0.0587. The van der Waals surface area contributed by atoms with E-state index in [1.54, 1.807) is 11.1 Å². The number of azide groups is 1. The van der Waals surface area contributed by atoms with E-state index in [-0.39, 0.29) is 11.8 Å². The van der Waals surface area contributed by atoms with Gasteiger partial charge in [-0.1, -0.05) is 35.4 Å². The van der Waals surface area contributed by atoms with Crippen LogP contribution in [-0.2, 0) is 4.79 Å². The average Bonchev–Trinajstić information content (AvgIpc) is 2.95. The molecule has 2 heterocycles. The van der Waals surface area contributed by atoms with Crippen LogP contribution in [0.3, 0.4) is 0 Å². The molecule has 0 aliphatic carbocycles. The summed E-state index contributed by atoms with van der Waals surface area (Å²) in [6, 6.07) is 13.6. The van der Waals surface area contributed by atoms with E-state index in [0.717, 1.165) is 16.9 Å². The first-order chi connectivity index (χ1) is 10.8. The number of pyridine rings is 1. The van der Waals surface area contributed by atoms with Crippen molar-refractivity contribution in [2.45, 2.75) is 6.42 Å². The van der Waals surface area contributed by atoms with E-state index < -0.39 is 0 Å². The molecule has 1 aliphatic rings. The van der Waals surface area contributed by atoms with Gasteiger partial charge in [-0.2, -0.15) is 0 Å². The van der Waals surface area contributed by atoms with Gasteiger partial charge in [0.2, 0.25) is 5.91 Å². The van der Waals surface area contributed by atoms with Crippen LogP contribution in [-0.4, -0.2) is 24.0 Å². The maximum absolute atomic E-state index is 12.2. The number of amides is 1. The lowest BCUT2D eigenvalue weighted by atomic mass is 10.1. The topological polar surface area (TPSA) is 82.0 Å². The van der Waals surface area contributed by atoms with Gasteiger partial charge >= 0.3 is 0 Å². The summed E-state index contributed by atoms with van der Waals surface area (Å²) in [6.07, 6.45) is 2.13. The van der Waals surface area contributed by atoms with Gasteiger partial charge in [0, 0.05) is 41.9 Å². The zero-order valence-corrected chi connectivity index (χ0v) is 12.0. The molecule has 0 radical (unpaired) electrons. The van der Waals surface area contributed by atoms with E-state index in [0.29, 0.717) is 19.5 Å². The van der Waals surface area contributed by atoms with E-state index in [9.17, 15) is 4.79 Å². The van der Waals surface area contributed by atoms with Crippen LogP contribution in [0.1, 0.15) is 6.42 Å². The van der Waals surface area contributed by atoms with E-state index in [1.807, 2.05) is 42.5 Å². The lowest BCUT2D eigenvalue weighted by Gasteiger charge is -2.17. The van der Waals surface area contributed by atoms with Gasteiger partial charge in [-0.3, -0.25) is 9.78 Å². The van der Waals surface area contributed by atoms with Crippen molar-refractivity contribution in [2.24, 2.45) is 11.0 Å². The van der Waals surface area contributed by atoms with Crippen LogP contribution in [0.2, 0.25) is 0 Å². The Hall–Kier alpha value is -2.85. The SMILES string of the molecule is [N-]=[N+]=NCC1CC(=O)N(c2ccnc(-c3ccccc3)c2)C1. The van der Waals surface area contributed by atoms with Crippen LogP contribution >= 0.6 is 0 Å². The van der Waals surface area contributed by atoms with Crippen molar-refractivity contribution in [1.82, 2.24) is 4.98 Å². The van der Waals surface area contributed by atoms with E-state index in [4.69, 9.17) is 5.53 Å².